The highest BCUT2D eigenvalue weighted by Gasteiger charge is 2.15. The second kappa shape index (κ2) is 11.9. The summed E-state index contributed by atoms with van der Waals surface area (Å²) < 4.78 is 0. The molecule has 0 bridgehead atoms. The molecular formula is C21H29Cl2N3O. The minimum Gasteiger partial charge on any atom is -0.371 e. The number of nitrogens with zero attached hydrogens (tertiary/aromatic N) is 1. The van der Waals surface area contributed by atoms with Gasteiger partial charge in [0, 0.05) is 24.5 Å². The van der Waals surface area contributed by atoms with Crippen LogP contribution in [0, 0.1) is 0 Å². The van der Waals surface area contributed by atoms with Crippen molar-refractivity contribution in [2.24, 2.45) is 5.73 Å². The summed E-state index contributed by atoms with van der Waals surface area (Å²) in [6.07, 6.45) is 5.62. The van der Waals surface area contributed by atoms with Gasteiger partial charge in [-0.25, -0.2) is 0 Å². The van der Waals surface area contributed by atoms with Crippen LogP contribution in [0.3, 0.4) is 0 Å². The molecule has 1 aliphatic heterocycles. The maximum atomic E-state index is 12.4. The quantitative estimate of drug-likeness (QED) is 0.767. The Kier molecular flexibility index (Phi) is 10.2. The molecule has 0 aliphatic carbocycles. The molecule has 1 fully saturated rings. The van der Waals surface area contributed by atoms with E-state index in [1.54, 1.807) is 0 Å². The molecule has 1 heterocycles. The van der Waals surface area contributed by atoms with Crippen LogP contribution in [0.5, 0.6) is 0 Å². The van der Waals surface area contributed by atoms with E-state index in [1.807, 2.05) is 42.5 Å². The van der Waals surface area contributed by atoms with Crippen molar-refractivity contribution in [3.05, 3.63) is 60.2 Å². The highest BCUT2D eigenvalue weighted by Crippen LogP contribution is 2.23. The van der Waals surface area contributed by atoms with Gasteiger partial charge in [0.05, 0.1) is 6.04 Å². The van der Waals surface area contributed by atoms with E-state index in [0.717, 1.165) is 24.3 Å². The van der Waals surface area contributed by atoms with Gasteiger partial charge in [0.25, 0.3) is 0 Å². The van der Waals surface area contributed by atoms with Gasteiger partial charge in [-0.3, -0.25) is 4.79 Å². The number of halogens is 2. The highest BCUT2D eigenvalue weighted by molar-refractivity contribution is 5.95. The zero-order valence-electron chi connectivity index (χ0n) is 15.5. The smallest absolute Gasteiger partial charge is 0.241 e. The summed E-state index contributed by atoms with van der Waals surface area (Å²) >= 11 is 0. The average molecular weight is 410 g/mol. The van der Waals surface area contributed by atoms with Gasteiger partial charge in [0.15, 0.2) is 0 Å². The molecule has 27 heavy (non-hydrogen) atoms. The van der Waals surface area contributed by atoms with Gasteiger partial charge in [0.2, 0.25) is 5.91 Å². The van der Waals surface area contributed by atoms with E-state index in [9.17, 15) is 4.79 Å². The van der Waals surface area contributed by atoms with Crippen molar-refractivity contribution in [1.82, 2.24) is 0 Å². The van der Waals surface area contributed by atoms with E-state index in [2.05, 4.69) is 22.3 Å². The van der Waals surface area contributed by atoms with Crippen molar-refractivity contribution in [3.63, 3.8) is 0 Å². The van der Waals surface area contributed by atoms with Crippen LogP contribution in [-0.4, -0.2) is 25.0 Å². The lowest BCUT2D eigenvalue weighted by molar-refractivity contribution is -0.117. The van der Waals surface area contributed by atoms with Crippen LogP contribution in [0.2, 0.25) is 0 Å². The predicted octanol–water partition coefficient (Wildman–Crippen LogP) is 4.42. The Morgan fingerprint density at radius 1 is 0.963 bits per heavy atom. The number of hydrogen-bond donors (Lipinski definition) is 2. The number of benzene rings is 2. The van der Waals surface area contributed by atoms with E-state index in [-0.39, 0.29) is 30.7 Å². The summed E-state index contributed by atoms with van der Waals surface area (Å²) in [5, 5.41) is 2.97. The molecule has 4 nitrogen and oxygen atoms in total. The first kappa shape index (κ1) is 23.3. The standard InChI is InChI=1S/C21H27N3O.2ClH/c22-20(15-17-9-4-3-5-10-17)21(25)23-18-11-8-12-19(16-18)24-13-6-1-2-7-14-24;;/h3-5,8-12,16,20H,1-2,6-7,13-15,22H2,(H,23,25);2*1H. The van der Waals surface area contributed by atoms with Gasteiger partial charge in [-0.1, -0.05) is 49.2 Å². The lowest BCUT2D eigenvalue weighted by Gasteiger charge is -2.23. The summed E-state index contributed by atoms with van der Waals surface area (Å²) in [6.45, 7) is 2.18. The summed E-state index contributed by atoms with van der Waals surface area (Å²) in [5.41, 5.74) is 9.14. The maximum absolute atomic E-state index is 12.4. The second-order valence-electron chi connectivity index (χ2n) is 6.74. The topological polar surface area (TPSA) is 58.4 Å². The molecule has 0 aromatic heterocycles. The maximum Gasteiger partial charge on any atom is 0.241 e. The van der Waals surface area contributed by atoms with Crippen molar-refractivity contribution in [2.75, 3.05) is 23.3 Å². The number of nitrogens with one attached hydrogen (secondary N) is 1. The fourth-order valence-corrected chi connectivity index (χ4v) is 3.30. The second-order valence-corrected chi connectivity index (χ2v) is 6.74. The van der Waals surface area contributed by atoms with Crippen LogP contribution in [0.1, 0.15) is 31.2 Å². The van der Waals surface area contributed by atoms with Crippen molar-refractivity contribution in [2.45, 2.75) is 38.1 Å². The molecule has 1 atom stereocenters. The van der Waals surface area contributed by atoms with Gasteiger partial charge < -0.3 is 16.0 Å². The average Bonchev–Trinajstić information content (AvgIpc) is 2.92. The minimum absolute atomic E-state index is 0. The lowest BCUT2D eigenvalue weighted by Crippen LogP contribution is -2.37. The van der Waals surface area contributed by atoms with Crippen molar-refractivity contribution >= 4 is 42.1 Å². The Morgan fingerprint density at radius 2 is 1.63 bits per heavy atom. The van der Waals surface area contributed by atoms with Crippen molar-refractivity contribution < 1.29 is 4.79 Å². The fourth-order valence-electron chi connectivity index (χ4n) is 3.30. The zero-order valence-corrected chi connectivity index (χ0v) is 17.1. The van der Waals surface area contributed by atoms with Crippen LogP contribution < -0.4 is 16.0 Å². The number of hydrogen-bond acceptors (Lipinski definition) is 3. The molecule has 3 rings (SSSR count). The first-order valence-corrected chi connectivity index (χ1v) is 9.18. The highest BCUT2D eigenvalue weighted by atomic mass is 35.5. The fraction of sp³-hybridized carbons (Fsp3) is 0.381. The van der Waals surface area contributed by atoms with Crippen LogP contribution in [-0.2, 0) is 11.2 Å². The number of carbonyl (C=O) groups excluding carboxylic acids is 1. The summed E-state index contributed by atoms with van der Waals surface area (Å²) in [4.78, 5) is 14.8. The SMILES string of the molecule is Cl.Cl.NC(Cc1ccccc1)C(=O)Nc1cccc(N2CCCCCC2)c1. The van der Waals surface area contributed by atoms with Crippen molar-refractivity contribution in [3.8, 4) is 0 Å². The molecule has 2 aromatic rings. The number of carbonyl (C=O) groups is 1. The monoisotopic (exact) mass is 409 g/mol. The van der Waals surface area contributed by atoms with Gasteiger partial charge in [-0.2, -0.15) is 0 Å². The first-order chi connectivity index (χ1) is 12.2. The Bertz CT molecular complexity index is 689. The van der Waals surface area contributed by atoms with Crippen LogP contribution in [0.15, 0.2) is 54.6 Å². The molecule has 0 saturated carbocycles. The number of nitrogens with two attached hydrogens (primary N) is 1. The van der Waals surface area contributed by atoms with Gasteiger partial charge in [0.1, 0.15) is 0 Å². The third kappa shape index (κ3) is 7.06. The third-order valence-corrected chi connectivity index (χ3v) is 4.72. The number of amides is 1. The van der Waals surface area contributed by atoms with E-state index in [1.165, 1.54) is 31.4 Å². The van der Waals surface area contributed by atoms with Gasteiger partial charge in [-0.15, -0.1) is 24.8 Å². The molecule has 2 aromatic carbocycles. The van der Waals surface area contributed by atoms with Gasteiger partial charge >= 0.3 is 0 Å². The summed E-state index contributed by atoms with van der Waals surface area (Å²) in [5.74, 6) is -0.142. The Labute approximate surface area is 174 Å². The first-order valence-electron chi connectivity index (χ1n) is 9.18. The summed E-state index contributed by atoms with van der Waals surface area (Å²) in [6, 6.07) is 17.4. The normalized spacial score (nSPS) is 14.9. The van der Waals surface area contributed by atoms with E-state index < -0.39 is 6.04 Å². The largest absolute Gasteiger partial charge is 0.371 e. The van der Waals surface area contributed by atoms with E-state index in [4.69, 9.17) is 5.73 Å². The molecule has 0 radical (unpaired) electrons. The molecule has 1 unspecified atom stereocenters. The van der Waals surface area contributed by atoms with Crippen LogP contribution >= 0.6 is 24.8 Å². The zero-order chi connectivity index (χ0) is 17.5. The Balaban J connectivity index is 0.00000182. The number of anilines is 2. The molecule has 1 amide bonds. The molecule has 1 aliphatic rings. The minimum atomic E-state index is -0.552. The lowest BCUT2D eigenvalue weighted by atomic mass is 10.1. The van der Waals surface area contributed by atoms with E-state index in [0.29, 0.717) is 6.42 Å². The van der Waals surface area contributed by atoms with Crippen LogP contribution in [0.4, 0.5) is 11.4 Å². The number of rotatable bonds is 5. The molecule has 6 heteroatoms. The molecule has 148 valence electrons. The Morgan fingerprint density at radius 3 is 2.30 bits per heavy atom. The molecule has 3 N–H and O–H groups in total. The van der Waals surface area contributed by atoms with Crippen LogP contribution in [0.25, 0.3) is 0 Å². The predicted molar refractivity (Wildman–Crippen MR) is 118 cm³/mol. The summed E-state index contributed by atoms with van der Waals surface area (Å²) in [7, 11) is 0. The Hall–Kier alpha value is -1.75. The van der Waals surface area contributed by atoms with E-state index >= 15 is 0 Å². The molecular weight excluding hydrogens is 381 g/mol. The third-order valence-electron chi connectivity index (χ3n) is 4.72. The molecule has 1 saturated heterocycles. The van der Waals surface area contributed by atoms with Gasteiger partial charge in [-0.05, 0) is 43.0 Å². The molecule has 0 spiro atoms. The van der Waals surface area contributed by atoms with Crippen molar-refractivity contribution in [1.29, 1.82) is 0 Å².